The topological polar surface area (TPSA) is 194 Å². The van der Waals surface area contributed by atoms with E-state index in [0.717, 1.165) is 10.5 Å². The summed E-state index contributed by atoms with van der Waals surface area (Å²) >= 11 is 0. The molecule has 0 spiro atoms. The van der Waals surface area contributed by atoms with Crippen molar-refractivity contribution in [2.45, 2.75) is 188 Å². The minimum absolute atomic E-state index is 0. The van der Waals surface area contributed by atoms with Gasteiger partial charge in [-0.3, -0.25) is 9.59 Å². The number of allylic oxidation sites excluding steroid dienone is 1. The zero-order chi connectivity index (χ0) is 44.1. The summed E-state index contributed by atoms with van der Waals surface area (Å²) in [7, 11) is 2.69. The largest absolute Gasteiger partial charge is 0.454 e. The van der Waals surface area contributed by atoms with Crippen molar-refractivity contribution < 1.29 is 58.6 Å². The molecule has 14 nitrogen and oxygen atoms in total. The number of methoxy groups -OCH3 is 2. The van der Waals surface area contributed by atoms with E-state index < -0.39 is 77.9 Å². The van der Waals surface area contributed by atoms with Crippen molar-refractivity contribution in [2.75, 3.05) is 34.0 Å². The molecule has 3 rings (SSSR count). The van der Waals surface area contributed by atoms with Gasteiger partial charge in [-0.25, -0.2) is 4.79 Å². The lowest BCUT2D eigenvalue weighted by atomic mass is 9.82. The number of piperidine rings is 1. The normalized spacial score (nSPS) is 35.8. The highest BCUT2D eigenvalue weighted by Gasteiger charge is 2.56. The fourth-order valence-corrected chi connectivity index (χ4v) is 7.75. The minimum Gasteiger partial charge on any atom is -0.454 e. The van der Waals surface area contributed by atoms with Crippen LogP contribution in [-0.4, -0.2) is 140 Å². The second-order valence-electron chi connectivity index (χ2n) is 18.3. The van der Waals surface area contributed by atoms with Crippen molar-refractivity contribution in [3.63, 3.8) is 0 Å². The van der Waals surface area contributed by atoms with Crippen LogP contribution in [0.5, 0.6) is 0 Å². The van der Waals surface area contributed by atoms with Crippen LogP contribution in [-0.2, 0) is 38.2 Å². The second-order valence-corrected chi connectivity index (χ2v) is 22.4. The van der Waals surface area contributed by atoms with E-state index >= 15 is 0 Å². The fraction of sp³-hybridized carbons (Fsp3) is 0.864. The molecule has 59 heavy (non-hydrogen) atoms. The number of hydrogen-bond acceptors (Lipinski definition) is 13. The second kappa shape index (κ2) is 25.0. The predicted octanol–water partition coefficient (Wildman–Crippen LogP) is 5.44. The Hall–Kier alpha value is -2.24. The van der Waals surface area contributed by atoms with Gasteiger partial charge >= 0.3 is 5.97 Å². The number of oxime groups is 1. The lowest BCUT2D eigenvalue weighted by molar-refractivity contribution is -0.302. The molecule has 2 saturated heterocycles. The number of rotatable bonds is 7. The van der Waals surface area contributed by atoms with E-state index in [9.17, 15) is 34.8 Å². The standard InChI is InChI=1S/C37H62N2O12.C6H16Si.CH4/c1-9-26-17-21(2)16-22(3)18-30(47-7)33-31(48-8)19-23(4)37(46,51-33)34(43)35(44)39-13-11-10-12-27(39)36(45)50-32(25(6)38-49-15-14-40)24(5)28(41)20-29(26)42;1-6(2,3)7(4)5;/h17,22-24,26-33,40-42,46H,9-16,18-20H2,1-8H3;7H,1-5H3;1H4/b21-17+,38-25+;;/t22-,23+,24+,26+,27-,28-,29+,30-,31-,32-,33+,37+;;/m0../s1. The summed E-state index contributed by atoms with van der Waals surface area (Å²) in [6.07, 6.45) is 0.0808. The first-order valence-corrected chi connectivity index (χ1v) is 24.3. The van der Waals surface area contributed by atoms with Crippen LogP contribution in [0.2, 0.25) is 18.1 Å². The van der Waals surface area contributed by atoms with Crippen LogP contribution >= 0.6 is 0 Å². The molecule has 3 aliphatic heterocycles. The first kappa shape index (κ1) is 54.8. The summed E-state index contributed by atoms with van der Waals surface area (Å²) in [5.74, 6) is -7.38. The molecule has 0 aromatic carbocycles. The number of ketones is 1. The van der Waals surface area contributed by atoms with Gasteiger partial charge in [-0.05, 0) is 69.7 Å². The van der Waals surface area contributed by atoms with Crippen molar-refractivity contribution in [1.29, 1.82) is 0 Å². The van der Waals surface area contributed by atoms with E-state index in [4.69, 9.17) is 23.8 Å². The minimum atomic E-state index is -2.50. The number of esters is 1. The number of carbonyl (C=O) groups excluding carboxylic acids is 3. The quantitative estimate of drug-likeness (QED) is 0.0483. The highest BCUT2D eigenvalue weighted by atomic mass is 28.3. The number of ether oxygens (including phenoxy) is 4. The van der Waals surface area contributed by atoms with E-state index in [1.807, 2.05) is 19.9 Å². The number of hydrogen-bond donors (Lipinski definition) is 4. The molecule has 0 radical (unpaired) electrons. The molecule has 3 aliphatic rings. The Labute approximate surface area is 357 Å². The summed E-state index contributed by atoms with van der Waals surface area (Å²) in [5, 5.41) is 48.5. The molecule has 15 heteroatoms. The van der Waals surface area contributed by atoms with Crippen molar-refractivity contribution >= 4 is 32.2 Å². The van der Waals surface area contributed by atoms with Gasteiger partial charge in [-0.15, -0.1) is 0 Å². The van der Waals surface area contributed by atoms with E-state index in [-0.39, 0.29) is 72.8 Å². The molecule has 0 aromatic rings. The Morgan fingerprint density at radius 3 is 2.15 bits per heavy atom. The van der Waals surface area contributed by atoms with Gasteiger partial charge in [0.15, 0.2) is 0 Å². The van der Waals surface area contributed by atoms with Gasteiger partial charge in [0.05, 0.1) is 36.7 Å². The SMILES string of the molecule is C.CC[C@@H]1/C=C(\C)C[C@H](C)C[C@H](OC)[C@H]2O[C@@](O)(C(=O)C(=O)N3CCCC[C@H]3C(=O)O[C@H](/C(C)=N/OCCO)[C@H](C)[C@@H](O)C[C@H]1O)[C@H](C)C[C@@H]2OC.C[SiH](C)C(C)(C)C. The maximum absolute atomic E-state index is 14.0. The number of amides is 1. The number of aliphatic hydroxyl groups excluding tert-OH is 3. The fourth-order valence-electron chi connectivity index (χ4n) is 7.75. The van der Waals surface area contributed by atoms with Gasteiger partial charge in [0, 0.05) is 53.7 Å². The summed E-state index contributed by atoms with van der Waals surface area (Å²) in [6.45, 7) is 22.3. The van der Waals surface area contributed by atoms with Gasteiger partial charge in [0.25, 0.3) is 11.7 Å². The van der Waals surface area contributed by atoms with Crippen molar-refractivity contribution in [3.05, 3.63) is 11.6 Å². The number of nitrogens with zero attached hydrogens (tertiary/aromatic N) is 2. The molecule has 2 fully saturated rings. The maximum Gasteiger partial charge on any atom is 0.329 e. The summed E-state index contributed by atoms with van der Waals surface area (Å²) in [4.78, 5) is 48.3. The van der Waals surface area contributed by atoms with Gasteiger partial charge in [0.1, 0.15) is 24.9 Å². The number of fused-ring (bicyclic) bond motifs is 3. The van der Waals surface area contributed by atoms with Crippen LogP contribution in [0.15, 0.2) is 16.8 Å². The third kappa shape index (κ3) is 15.3. The third-order valence-electron chi connectivity index (χ3n) is 12.6. The Bertz CT molecular complexity index is 1370. The Kier molecular flexibility index (Phi) is 23.2. The Morgan fingerprint density at radius 1 is 1.02 bits per heavy atom. The van der Waals surface area contributed by atoms with Crippen LogP contribution in [0, 0.1) is 23.7 Å². The monoisotopic (exact) mass is 859 g/mol. The van der Waals surface area contributed by atoms with Crippen molar-refractivity contribution in [3.8, 4) is 0 Å². The average Bonchev–Trinajstić information content (AvgIpc) is 3.17. The zero-order valence-corrected chi connectivity index (χ0v) is 38.9. The van der Waals surface area contributed by atoms with Crippen molar-refractivity contribution in [1.82, 2.24) is 4.90 Å². The van der Waals surface area contributed by atoms with Gasteiger partial charge in [-0.2, -0.15) is 0 Å². The molecule has 0 aliphatic carbocycles. The van der Waals surface area contributed by atoms with Crippen LogP contribution in [0.1, 0.15) is 121 Å². The molecule has 344 valence electrons. The van der Waals surface area contributed by atoms with E-state index in [0.29, 0.717) is 37.1 Å². The molecular formula is C44H82N2O12Si. The summed E-state index contributed by atoms with van der Waals surface area (Å²) < 4.78 is 23.8. The number of cyclic esters (lactones) is 1. The van der Waals surface area contributed by atoms with Gasteiger partial charge in [-0.1, -0.05) is 85.8 Å². The first-order chi connectivity index (χ1) is 27.1. The lowest BCUT2D eigenvalue weighted by Crippen LogP contribution is -2.64. The molecule has 4 N–H and O–H groups in total. The number of aliphatic hydroxyl groups is 4. The van der Waals surface area contributed by atoms with Gasteiger partial charge in [0.2, 0.25) is 5.79 Å². The highest BCUT2D eigenvalue weighted by molar-refractivity contribution is 6.59. The van der Waals surface area contributed by atoms with E-state index in [1.165, 1.54) is 14.2 Å². The maximum atomic E-state index is 14.0. The predicted molar refractivity (Wildman–Crippen MR) is 233 cm³/mol. The average molecular weight is 859 g/mol. The summed E-state index contributed by atoms with van der Waals surface area (Å²) in [5.41, 5.74) is 1.23. The van der Waals surface area contributed by atoms with Crippen molar-refractivity contribution in [2.24, 2.45) is 28.8 Å². The molecule has 12 atom stereocenters. The molecule has 3 heterocycles. The van der Waals surface area contributed by atoms with Crippen LogP contribution < -0.4 is 0 Å². The lowest BCUT2D eigenvalue weighted by Gasteiger charge is -2.47. The molecule has 0 saturated carbocycles. The van der Waals surface area contributed by atoms with Gasteiger partial charge < -0.3 is 49.1 Å². The molecule has 2 bridgehead atoms. The first-order valence-electron chi connectivity index (χ1n) is 21.4. The Balaban J connectivity index is 0.00000199. The van der Waals surface area contributed by atoms with E-state index in [1.54, 1.807) is 20.8 Å². The van der Waals surface area contributed by atoms with Crippen LogP contribution in [0.4, 0.5) is 0 Å². The molecule has 0 aromatic heterocycles. The number of Topliss-reactive ketones (excluding diaryl/α,β-unsaturated/α-hetero) is 1. The molecular weight excluding hydrogens is 777 g/mol. The molecule has 1 amide bonds. The third-order valence-corrected chi connectivity index (χ3v) is 16.0. The van der Waals surface area contributed by atoms with Crippen LogP contribution in [0.3, 0.4) is 0 Å². The highest BCUT2D eigenvalue weighted by Crippen LogP contribution is 2.39. The van der Waals surface area contributed by atoms with E-state index in [2.05, 4.69) is 45.9 Å². The molecule has 0 unspecified atom stereocenters. The van der Waals surface area contributed by atoms with Crippen LogP contribution in [0.25, 0.3) is 0 Å². The zero-order valence-electron chi connectivity index (χ0n) is 37.7. The smallest absolute Gasteiger partial charge is 0.329 e. The Morgan fingerprint density at radius 2 is 1.61 bits per heavy atom. The summed E-state index contributed by atoms with van der Waals surface area (Å²) in [6, 6.07) is -1.16. The number of carbonyl (C=O) groups is 3.